The SMILES string of the molecule is [2H]c1cc2cccnc2c2ncccc12. The van der Waals surface area contributed by atoms with E-state index in [0.717, 1.165) is 21.8 Å². The van der Waals surface area contributed by atoms with Crippen molar-refractivity contribution < 1.29 is 1.37 Å². The average Bonchev–Trinajstić information content (AvgIpc) is 2.30. The van der Waals surface area contributed by atoms with Crippen LogP contribution in [0.5, 0.6) is 0 Å². The van der Waals surface area contributed by atoms with Gasteiger partial charge in [0.1, 0.15) is 0 Å². The Morgan fingerprint density at radius 1 is 0.857 bits per heavy atom. The van der Waals surface area contributed by atoms with E-state index in [-0.39, 0.29) is 0 Å². The molecule has 2 heteroatoms. The molecule has 3 aromatic rings. The maximum atomic E-state index is 7.88. The zero-order valence-electron chi connectivity index (χ0n) is 8.44. The molecule has 2 nitrogen and oxygen atoms in total. The van der Waals surface area contributed by atoms with Crippen LogP contribution in [0.25, 0.3) is 21.8 Å². The number of hydrogen-bond acceptors (Lipinski definition) is 2. The number of benzene rings is 1. The molecule has 14 heavy (non-hydrogen) atoms. The Bertz CT molecular complexity index is 649. The third kappa shape index (κ3) is 0.973. The Balaban J connectivity index is 2.64. The summed E-state index contributed by atoms with van der Waals surface area (Å²) < 4.78 is 7.88. The molecule has 0 aliphatic carbocycles. The van der Waals surface area contributed by atoms with Crippen LogP contribution >= 0.6 is 0 Å². The summed E-state index contributed by atoms with van der Waals surface area (Å²) in [6.45, 7) is 0. The maximum Gasteiger partial charge on any atom is 0.0964 e. The monoisotopic (exact) mass is 181 g/mol. The normalized spacial score (nSPS) is 11.9. The molecule has 0 saturated heterocycles. The van der Waals surface area contributed by atoms with E-state index < -0.39 is 0 Å². The van der Waals surface area contributed by atoms with Gasteiger partial charge in [-0.05, 0) is 12.1 Å². The highest BCUT2D eigenvalue weighted by molar-refractivity contribution is 6.02. The molecule has 0 radical (unpaired) electrons. The first kappa shape index (κ1) is 6.49. The topological polar surface area (TPSA) is 25.8 Å². The molecule has 0 aliphatic heterocycles. The summed E-state index contributed by atoms with van der Waals surface area (Å²) in [7, 11) is 0. The van der Waals surface area contributed by atoms with Crippen LogP contribution in [-0.4, -0.2) is 9.97 Å². The molecular formula is C12H8N2. The number of pyridine rings is 2. The summed E-state index contributed by atoms with van der Waals surface area (Å²) >= 11 is 0. The van der Waals surface area contributed by atoms with Gasteiger partial charge in [-0.2, -0.15) is 0 Å². The molecule has 0 saturated carbocycles. The number of aromatic nitrogens is 2. The van der Waals surface area contributed by atoms with Crippen LogP contribution in [0.3, 0.4) is 0 Å². The van der Waals surface area contributed by atoms with Crippen LogP contribution in [0.1, 0.15) is 1.37 Å². The summed E-state index contributed by atoms with van der Waals surface area (Å²) in [5.74, 6) is 0. The van der Waals surface area contributed by atoms with E-state index in [1.807, 2.05) is 30.3 Å². The maximum absolute atomic E-state index is 7.88. The lowest BCUT2D eigenvalue weighted by molar-refractivity contribution is 1.37. The van der Waals surface area contributed by atoms with Gasteiger partial charge in [0.05, 0.1) is 12.4 Å². The van der Waals surface area contributed by atoms with Crippen molar-refractivity contribution in [1.82, 2.24) is 9.97 Å². The molecular weight excluding hydrogens is 172 g/mol. The van der Waals surface area contributed by atoms with Crippen molar-refractivity contribution in [1.29, 1.82) is 0 Å². The number of nitrogens with zero attached hydrogens (tertiary/aromatic N) is 2. The third-order valence-electron chi connectivity index (χ3n) is 2.25. The Hall–Kier alpha value is -1.96. The van der Waals surface area contributed by atoms with Crippen molar-refractivity contribution in [3.63, 3.8) is 0 Å². The van der Waals surface area contributed by atoms with Crippen LogP contribution < -0.4 is 0 Å². The minimum atomic E-state index is 0.499. The quantitative estimate of drug-likeness (QED) is 0.498. The fraction of sp³-hybridized carbons (Fsp3) is 0. The minimum absolute atomic E-state index is 0.499. The second-order valence-corrected chi connectivity index (χ2v) is 3.13. The van der Waals surface area contributed by atoms with Gasteiger partial charge in [0.15, 0.2) is 0 Å². The highest BCUT2D eigenvalue weighted by Gasteiger charge is 2.00. The summed E-state index contributed by atoms with van der Waals surface area (Å²) in [5, 5.41) is 1.82. The van der Waals surface area contributed by atoms with E-state index in [1.54, 1.807) is 12.4 Å². The number of rotatable bonds is 0. The van der Waals surface area contributed by atoms with E-state index in [1.165, 1.54) is 0 Å². The summed E-state index contributed by atoms with van der Waals surface area (Å²) in [6, 6.07) is 9.89. The molecule has 0 aliphatic rings. The Labute approximate surface area is 82.6 Å². The Morgan fingerprint density at radius 3 is 2.29 bits per heavy atom. The van der Waals surface area contributed by atoms with Gasteiger partial charge in [0.25, 0.3) is 0 Å². The van der Waals surface area contributed by atoms with Gasteiger partial charge in [-0.15, -0.1) is 0 Å². The lowest BCUT2D eigenvalue weighted by Crippen LogP contribution is -1.83. The summed E-state index contributed by atoms with van der Waals surface area (Å²) in [5.41, 5.74) is 1.67. The minimum Gasteiger partial charge on any atom is -0.254 e. The van der Waals surface area contributed by atoms with Gasteiger partial charge >= 0.3 is 0 Å². The lowest BCUT2D eigenvalue weighted by Gasteiger charge is -2.00. The lowest BCUT2D eigenvalue weighted by atomic mass is 10.1. The van der Waals surface area contributed by atoms with Crippen molar-refractivity contribution in [2.24, 2.45) is 0 Å². The van der Waals surface area contributed by atoms with Gasteiger partial charge in [-0.25, -0.2) is 0 Å². The predicted molar refractivity (Wildman–Crippen MR) is 57.0 cm³/mol. The molecule has 0 spiro atoms. The van der Waals surface area contributed by atoms with E-state index >= 15 is 0 Å². The molecule has 0 N–H and O–H groups in total. The standard InChI is InChI=1S/C12H8N2/c1-3-9-5-6-10-4-2-8-14-12(10)11(9)13-7-1/h1-8H/i5D. The van der Waals surface area contributed by atoms with Crippen LogP contribution in [0.4, 0.5) is 0 Å². The number of fused-ring (bicyclic) bond motifs is 3. The van der Waals surface area contributed by atoms with Crippen molar-refractivity contribution >= 4 is 21.8 Å². The van der Waals surface area contributed by atoms with E-state index in [9.17, 15) is 0 Å². The van der Waals surface area contributed by atoms with Gasteiger partial charge in [0, 0.05) is 23.2 Å². The summed E-state index contributed by atoms with van der Waals surface area (Å²) in [4.78, 5) is 8.59. The largest absolute Gasteiger partial charge is 0.254 e. The number of hydrogen-bond donors (Lipinski definition) is 0. The molecule has 0 bridgehead atoms. The smallest absolute Gasteiger partial charge is 0.0964 e. The third-order valence-corrected chi connectivity index (χ3v) is 2.25. The molecule has 0 fully saturated rings. The molecule has 3 rings (SSSR count). The van der Waals surface area contributed by atoms with E-state index in [0.29, 0.717) is 6.04 Å². The average molecular weight is 181 g/mol. The van der Waals surface area contributed by atoms with Gasteiger partial charge in [-0.3, -0.25) is 9.97 Å². The fourth-order valence-corrected chi connectivity index (χ4v) is 1.60. The van der Waals surface area contributed by atoms with Crippen LogP contribution in [0, 0.1) is 0 Å². The van der Waals surface area contributed by atoms with E-state index in [4.69, 9.17) is 1.37 Å². The molecule has 0 amide bonds. The fourth-order valence-electron chi connectivity index (χ4n) is 1.60. The van der Waals surface area contributed by atoms with E-state index in [2.05, 4.69) is 9.97 Å². The highest BCUT2D eigenvalue weighted by Crippen LogP contribution is 2.20. The predicted octanol–water partition coefficient (Wildman–Crippen LogP) is 2.78. The zero-order chi connectivity index (χ0) is 10.3. The Kier molecular flexibility index (Phi) is 1.28. The first-order chi connectivity index (χ1) is 7.36. The molecule has 0 unspecified atom stereocenters. The molecule has 2 heterocycles. The van der Waals surface area contributed by atoms with Gasteiger partial charge in [-0.1, -0.05) is 24.2 Å². The van der Waals surface area contributed by atoms with Crippen molar-refractivity contribution in [2.45, 2.75) is 0 Å². The van der Waals surface area contributed by atoms with Crippen molar-refractivity contribution in [3.8, 4) is 0 Å². The van der Waals surface area contributed by atoms with Crippen molar-refractivity contribution in [2.75, 3.05) is 0 Å². The highest BCUT2D eigenvalue weighted by atomic mass is 14.7. The van der Waals surface area contributed by atoms with Crippen LogP contribution in [-0.2, 0) is 0 Å². The molecule has 1 aromatic carbocycles. The van der Waals surface area contributed by atoms with Gasteiger partial charge < -0.3 is 0 Å². The first-order valence-electron chi connectivity index (χ1n) is 4.95. The zero-order valence-corrected chi connectivity index (χ0v) is 7.44. The molecule has 66 valence electrons. The first-order valence-corrected chi connectivity index (χ1v) is 4.45. The Morgan fingerprint density at radius 2 is 1.50 bits per heavy atom. The van der Waals surface area contributed by atoms with Crippen LogP contribution in [0.2, 0.25) is 0 Å². The summed E-state index contributed by atoms with van der Waals surface area (Å²) in [6.07, 6.45) is 3.48. The second kappa shape index (κ2) is 2.77. The molecule has 2 aromatic heterocycles. The second-order valence-electron chi connectivity index (χ2n) is 3.13. The molecule has 0 atom stereocenters. The van der Waals surface area contributed by atoms with Crippen LogP contribution in [0.15, 0.2) is 48.8 Å². The van der Waals surface area contributed by atoms with Gasteiger partial charge in [0.2, 0.25) is 0 Å². The van der Waals surface area contributed by atoms with Crippen molar-refractivity contribution in [3.05, 3.63) is 48.8 Å².